The molecule has 2 N–H and O–H groups in total. The third-order valence-corrected chi connectivity index (χ3v) is 3.10. The molecule has 0 bridgehead atoms. The maximum Gasteiger partial charge on any atom is 0.198 e. The summed E-state index contributed by atoms with van der Waals surface area (Å²) < 4.78 is 1.59. The second-order valence-corrected chi connectivity index (χ2v) is 4.20. The number of nitrogens with two attached hydrogens (primary N) is 1. The van der Waals surface area contributed by atoms with Crippen LogP contribution in [0.15, 0.2) is 40.8 Å². The molecule has 17 heavy (non-hydrogen) atoms. The van der Waals surface area contributed by atoms with Crippen molar-refractivity contribution in [1.82, 2.24) is 30.0 Å². The van der Waals surface area contributed by atoms with Gasteiger partial charge in [-0.3, -0.25) is 4.98 Å². The number of fused-ring (bicyclic) bond motifs is 1. The van der Waals surface area contributed by atoms with E-state index in [1.165, 1.54) is 11.8 Å². The normalized spacial score (nSPS) is 10.8. The van der Waals surface area contributed by atoms with Crippen LogP contribution < -0.4 is 5.73 Å². The number of pyridine rings is 1. The van der Waals surface area contributed by atoms with Gasteiger partial charge in [0.05, 0.1) is 18.1 Å². The fraction of sp³-hybridized carbons (Fsp3) is 0. The molecular formula is C9H7N7S. The van der Waals surface area contributed by atoms with Gasteiger partial charge < -0.3 is 5.73 Å². The quantitative estimate of drug-likeness (QED) is 0.708. The maximum atomic E-state index is 5.82. The first-order chi connectivity index (χ1) is 8.34. The molecule has 0 aliphatic heterocycles. The van der Waals surface area contributed by atoms with Crippen molar-refractivity contribution in [3.63, 3.8) is 0 Å². The third-order valence-electron chi connectivity index (χ3n) is 2.08. The minimum absolute atomic E-state index is 0.588. The van der Waals surface area contributed by atoms with E-state index in [2.05, 4.69) is 25.5 Å². The Hall–Kier alpha value is -2.22. The first-order valence-electron chi connectivity index (χ1n) is 4.75. The summed E-state index contributed by atoms with van der Waals surface area (Å²) in [5.41, 5.74) is 7.02. The Kier molecular flexibility index (Phi) is 2.33. The molecule has 3 aromatic heterocycles. The monoisotopic (exact) mass is 245 g/mol. The summed E-state index contributed by atoms with van der Waals surface area (Å²) in [4.78, 5) is 8.25. The minimum Gasteiger partial charge on any atom is -0.397 e. The van der Waals surface area contributed by atoms with Crippen molar-refractivity contribution >= 4 is 23.1 Å². The molecule has 0 spiro atoms. The van der Waals surface area contributed by atoms with Crippen molar-refractivity contribution in [1.29, 1.82) is 0 Å². The second kappa shape index (κ2) is 3.98. The molecule has 3 aromatic rings. The van der Waals surface area contributed by atoms with Crippen molar-refractivity contribution in [2.45, 2.75) is 10.1 Å². The Balaban J connectivity index is 2.06. The van der Waals surface area contributed by atoms with Crippen LogP contribution in [0.25, 0.3) is 5.65 Å². The molecule has 8 heteroatoms. The highest BCUT2D eigenvalue weighted by molar-refractivity contribution is 7.99. The van der Waals surface area contributed by atoms with Gasteiger partial charge in [-0.2, -0.15) is 4.52 Å². The summed E-state index contributed by atoms with van der Waals surface area (Å²) in [6.45, 7) is 0. The van der Waals surface area contributed by atoms with Gasteiger partial charge in [-0.1, -0.05) is 0 Å². The number of tetrazole rings is 1. The second-order valence-electron chi connectivity index (χ2n) is 3.19. The van der Waals surface area contributed by atoms with Crippen LogP contribution in [0.4, 0.5) is 5.69 Å². The van der Waals surface area contributed by atoms with E-state index in [9.17, 15) is 0 Å². The molecule has 0 aliphatic rings. The lowest BCUT2D eigenvalue weighted by Gasteiger charge is -2.03. The molecule has 3 heterocycles. The molecule has 0 atom stereocenters. The topological polar surface area (TPSA) is 94.9 Å². The van der Waals surface area contributed by atoms with Crippen molar-refractivity contribution in [2.75, 3.05) is 5.73 Å². The van der Waals surface area contributed by atoms with Crippen molar-refractivity contribution in [3.05, 3.63) is 30.7 Å². The summed E-state index contributed by atoms with van der Waals surface area (Å²) in [5.74, 6) is 0. The van der Waals surface area contributed by atoms with Gasteiger partial charge in [0.2, 0.25) is 0 Å². The Morgan fingerprint density at radius 1 is 1.29 bits per heavy atom. The lowest BCUT2D eigenvalue weighted by molar-refractivity contribution is 0.765. The Morgan fingerprint density at radius 3 is 3.12 bits per heavy atom. The highest BCUT2D eigenvalue weighted by atomic mass is 32.2. The third kappa shape index (κ3) is 1.78. The Morgan fingerprint density at radius 2 is 2.24 bits per heavy atom. The molecule has 0 radical (unpaired) electrons. The van der Waals surface area contributed by atoms with Crippen LogP contribution in [-0.4, -0.2) is 30.0 Å². The number of nitrogens with zero attached hydrogens (tertiary/aromatic N) is 6. The number of aromatic nitrogens is 6. The van der Waals surface area contributed by atoms with Gasteiger partial charge in [0.1, 0.15) is 10.1 Å². The van der Waals surface area contributed by atoms with E-state index in [4.69, 9.17) is 5.73 Å². The van der Waals surface area contributed by atoms with Gasteiger partial charge in [0.25, 0.3) is 0 Å². The molecule has 0 saturated heterocycles. The van der Waals surface area contributed by atoms with Gasteiger partial charge in [-0.05, 0) is 34.3 Å². The highest BCUT2D eigenvalue weighted by Gasteiger charge is 2.08. The van der Waals surface area contributed by atoms with Crippen LogP contribution in [0, 0.1) is 0 Å². The number of rotatable bonds is 2. The molecule has 0 aliphatic carbocycles. The number of hydrogen-bond donors (Lipinski definition) is 1. The summed E-state index contributed by atoms with van der Waals surface area (Å²) in [6, 6.07) is 3.58. The molecule has 3 rings (SSSR count). The van der Waals surface area contributed by atoms with Gasteiger partial charge >= 0.3 is 0 Å². The zero-order valence-electron chi connectivity index (χ0n) is 8.56. The fourth-order valence-corrected chi connectivity index (χ4v) is 2.14. The lowest BCUT2D eigenvalue weighted by atomic mass is 10.4. The molecule has 0 aromatic carbocycles. The van der Waals surface area contributed by atoms with E-state index >= 15 is 0 Å². The first kappa shape index (κ1) is 9.97. The van der Waals surface area contributed by atoms with E-state index < -0.39 is 0 Å². The van der Waals surface area contributed by atoms with Crippen LogP contribution >= 0.6 is 11.8 Å². The van der Waals surface area contributed by atoms with Gasteiger partial charge in [0, 0.05) is 6.20 Å². The standard InChI is InChI=1S/C9H7N7S/c10-6-2-1-3-12-9(6)17-8-5-11-4-7-13-14-15-16(7)8/h1-5H,10H2. The predicted molar refractivity (Wildman–Crippen MR) is 61.3 cm³/mol. The molecule has 84 valence electrons. The lowest BCUT2D eigenvalue weighted by Crippen LogP contribution is -1.96. The number of anilines is 1. The van der Waals surface area contributed by atoms with Crippen molar-refractivity contribution in [2.24, 2.45) is 0 Å². The number of hydrogen-bond acceptors (Lipinski definition) is 7. The molecule has 7 nitrogen and oxygen atoms in total. The molecule has 0 saturated carbocycles. The highest BCUT2D eigenvalue weighted by Crippen LogP contribution is 2.28. The summed E-state index contributed by atoms with van der Waals surface area (Å²) in [5, 5.41) is 12.7. The summed E-state index contributed by atoms with van der Waals surface area (Å²) >= 11 is 1.37. The van der Waals surface area contributed by atoms with E-state index in [-0.39, 0.29) is 0 Å². The maximum absolute atomic E-state index is 5.82. The number of nitrogen functional groups attached to an aromatic ring is 1. The van der Waals surface area contributed by atoms with E-state index in [1.807, 2.05) is 0 Å². The Bertz CT molecular complexity index is 665. The fourth-order valence-electron chi connectivity index (χ4n) is 1.31. The van der Waals surface area contributed by atoms with E-state index in [0.717, 1.165) is 5.03 Å². The van der Waals surface area contributed by atoms with E-state index in [0.29, 0.717) is 16.4 Å². The average Bonchev–Trinajstić information content (AvgIpc) is 2.81. The van der Waals surface area contributed by atoms with Crippen LogP contribution in [0.2, 0.25) is 0 Å². The molecular weight excluding hydrogens is 238 g/mol. The smallest absolute Gasteiger partial charge is 0.198 e. The zero-order valence-corrected chi connectivity index (χ0v) is 9.37. The average molecular weight is 245 g/mol. The van der Waals surface area contributed by atoms with Crippen molar-refractivity contribution in [3.8, 4) is 0 Å². The zero-order chi connectivity index (χ0) is 11.7. The van der Waals surface area contributed by atoms with Crippen molar-refractivity contribution < 1.29 is 0 Å². The SMILES string of the molecule is Nc1cccnc1Sc1cncc2nnnn12. The molecule has 0 amide bonds. The van der Waals surface area contributed by atoms with Gasteiger partial charge in [-0.25, -0.2) is 4.98 Å². The summed E-state index contributed by atoms with van der Waals surface area (Å²) in [7, 11) is 0. The van der Waals surface area contributed by atoms with Gasteiger partial charge in [-0.15, -0.1) is 5.10 Å². The first-order valence-corrected chi connectivity index (χ1v) is 5.57. The van der Waals surface area contributed by atoms with Crippen LogP contribution in [0.3, 0.4) is 0 Å². The largest absolute Gasteiger partial charge is 0.397 e. The predicted octanol–water partition coefficient (Wildman–Crippen LogP) is 0.648. The summed E-state index contributed by atoms with van der Waals surface area (Å²) in [6.07, 6.45) is 4.94. The Labute approximate surface area is 100 Å². The van der Waals surface area contributed by atoms with Gasteiger partial charge in [0.15, 0.2) is 5.65 Å². The van der Waals surface area contributed by atoms with E-state index in [1.54, 1.807) is 35.2 Å². The van der Waals surface area contributed by atoms with Crippen LogP contribution in [0.1, 0.15) is 0 Å². The molecule has 0 unspecified atom stereocenters. The van der Waals surface area contributed by atoms with Crippen LogP contribution in [0.5, 0.6) is 0 Å². The molecule has 0 fully saturated rings. The minimum atomic E-state index is 0.588. The van der Waals surface area contributed by atoms with Crippen LogP contribution in [-0.2, 0) is 0 Å².